The van der Waals surface area contributed by atoms with Crippen LogP contribution in [0.25, 0.3) is 22.8 Å². The summed E-state index contributed by atoms with van der Waals surface area (Å²) in [6, 6.07) is 15.7. The number of hydrogen-bond donors (Lipinski definition) is 1. The number of carbonyl (C=O) groups excluding carboxylic acids is 2. The minimum atomic E-state index is -0.343. The van der Waals surface area contributed by atoms with Gasteiger partial charge < -0.3 is 0 Å². The van der Waals surface area contributed by atoms with E-state index in [1.165, 1.54) is 0 Å². The number of para-hydroxylation sites is 2. The van der Waals surface area contributed by atoms with Crippen LogP contribution in [0.4, 0.5) is 4.79 Å². The van der Waals surface area contributed by atoms with Crippen molar-refractivity contribution in [3.63, 3.8) is 0 Å². The first-order valence-corrected chi connectivity index (χ1v) is 7.80. The lowest BCUT2D eigenvalue weighted by Gasteiger charge is -2.04. The summed E-state index contributed by atoms with van der Waals surface area (Å²) in [5.74, 6) is -0.343. The van der Waals surface area contributed by atoms with E-state index < -0.39 is 0 Å². The zero-order valence-corrected chi connectivity index (χ0v) is 12.7. The molecule has 1 aromatic heterocycles. The van der Waals surface area contributed by atoms with Crippen molar-refractivity contribution in [2.45, 2.75) is 0 Å². The molecule has 1 aliphatic heterocycles. The normalized spacial score (nSPS) is 16.3. The fraction of sp³-hybridized carbons (Fsp3) is 0. The van der Waals surface area contributed by atoms with Gasteiger partial charge in [-0.15, -0.1) is 0 Å². The number of nitrogens with zero attached hydrogens (tertiary/aromatic N) is 2. The van der Waals surface area contributed by atoms with Gasteiger partial charge in [-0.1, -0.05) is 24.3 Å². The number of carbonyl (C=O) groups is 2. The summed E-state index contributed by atoms with van der Waals surface area (Å²) in [6.45, 7) is 0. The summed E-state index contributed by atoms with van der Waals surface area (Å²) in [5, 5.41) is 1.91. The summed E-state index contributed by atoms with van der Waals surface area (Å²) in [7, 11) is 0. The molecule has 6 heteroatoms. The van der Waals surface area contributed by atoms with Crippen molar-refractivity contribution in [1.29, 1.82) is 0 Å². The molecule has 1 fully saturated rings. The average Bonchev–Trinajstić information content (AvgIpc) is 3.12. The first-order chi connectivity index (χ1) is 11.2. The number of benzene rings is 2. The SMILES string of the molecule is O=C1NC(=O)/C(=C/c2ccc(-n3cnc4ccccc43)cc2)S1. The van der Waals surface area contributed by atoms with Crippen LogP contribution in [-0.2, 0) is 4.79 Å². The summed E-state index contributed by atoms with van der Waals surface area (Å²) in [5.41, 5.74) is 3.83. The van der Waals surface area contributed by atoms with Crippen LogP contribution < -0.4 is 5.32 Å². The molecular weight excluding hydrogens is 310 g/mol. The highest BCUT2D eigenvalue weighted by atomic mass is 32.2. The van der Waals surface area contributed by atoms with Crippen LogP contribution in [0.1, 0.15) is 5.56 Å². The zero-order valence-electron chi connectivity index (χ0n) is 11.9. The Bertz CT molecular complexity index is 957. The van der Waals surface area contributed by atoms with Crippen molar-refractivity contribution in [3.05, 3.63) is 65.3 Å². The maximum Gasteiger partial charge on any atom is 0.290 e. The molecule has 112 valence electrons. The molecular formula is C17H11N3O2S. The highest BCUT2D eigenvalue weighted by molar-refractivity contribution is 8.18. The van der Waals surface area contributed by atoms with Crippen molar-refractivity contribution in [1.82, 2.24) is 14.9 Å². The van der Waals surface area contributed by atoms with Crippen LogP contribution in [0.5, 0.6) is 0 Å². The average molecular weight is 321 g/mol. The number of rotatable bonds is 2. The third kappa shape index (κ3) is 2.53. The quantitative estimate of drug-likeness (QED) is 0.735. The monoisotopic (exact) mass is 321 g/mol. The standard InChI is InChI=1S/C17H11N3O2S/c21-16-15(23-17(22)19-16)9-11-5-7-12(8-6-11)20-10-18-13-3-1-2-4-14(13)20/h1-10H,(H,19,21,22)/b15-9-. The fourth-order valence-corrected chi connectivity index (χ4v) is 3.15. The Morgan fingerprint density at radius 2 is 1.83 bits per heavy atom. The topological polar surface area (TPSA) is 64.0 Å². The number of aromatic nitrogens is 2. The number of fused-ring (bicyclic) bond motifs is 1. The number of imide groups is 1. The van der Waals surface area contributed by atoms with Gasteiger partial charge in [0.2, 0.25) is 0 Å². The van der Waals surface area contributed by atoms with E-state index in [0.29, 0.717) is 4.91 Å². The van der Waals surface area contributed by atoms with Gasteiger partial charge in [-0.3, -0.25) is 19.5 Å². The first-order valence-electron chi connectivity index (χ1n) is 6.98. The second-order valence-corrected chi connectivity index (χ2v) is 6.06. The maximum atomic E-state index is 11.6. The highest BCUT2D eigenvalue weighted by Crippen LogP contribution is 2.26. The predicted octanol–water partition coefficient (Wildman–Crippen LogP) is 3.35. The van der Waals surface area contributed by atoms with E-state index in [9.17, 15) is 9.59 Å². The summed E-state index contributed by atoms with van der Waals surface area (Å²) >= 11 is 0.919. The molecule has 23 heavy (non-hydrogen) atoms. The van der Waals surface area contributed by atoms with Gasteiger partial charge in [0.15, 0.2) is 0 Å². The van der Waals surface area contributed by atoms with Gasteiger partial charge in [-0.25, -0.2) is 4.98 Å². The second-order valence-electron chi connectivity index (χ2n) is 5.05. The molecule has 1 N–H and O–H groups in total. The van der Waals surface area contributed by atoms with Gasteiger partial charge in [-0.2, -0.15) is 0 Å². The van der Waals surface area contributed by atoms with E-state index in [1.807, 2.05) is 53.1 Å². The van der Waals surface area contributed by atoms with Gasteiger partial charge in [0.25, 0.3) is 11.1 Å². The largest absolute Gasteiger partial charge is 0.299 e. The van der Waals surface area contributed by atoms with Gasteiger partial charge in [0.1, 0.15) is 6.33 Å². The van der Waals surface area contributed by atoms with Crippen molar-refractivity contribution in [3.8, 4) is 5.69 Å². The van der Waals surface area contributed by atoms with Crippen molar-refractivity contribution in [2.24, 2.45) is 0 Å². The molecule has 0 radical (unpaired) electrons. The Balaban J connectivity index is 1.67. The van der Waals surface area contributed by atoms with Gasteiger partial charge in [0, 0.05) is 5.69 Å². The molecule has 0 saturated carbocycles. The van der Waals surface area contributed by atoms with Crippen LogP contribution in [0.15, 0.2) is 59.8 Å². The number of nitrogens with one attached hydrogen (secondary N) is 1. The number of amides is 2. The number of thioether (sulfide) groups is 1. The van der Waals surface area contributed by atoms with Crippen LogP contribution in [-0.4, -0.2) is 20.7 Å². The maximum absolute atomic E-state index is 11.6. The van der Waals surface area contributed by atoms with Crippen LogP contribution in [0.3, 0.4) is 0 Å². The van der Waals surface area contributed by atoms with Crippen molar-refractivity contribution >= 4 is 40.0 Å². The molecule has 3 aromatic rings. The van der Waals surface area contributed by atoms with Crippen molar-refractivity contribution in [2.75, 3.05) is 0 Å². The minimum absolute atomic E-state index is 0.331. The molecule has 0 atom stereocenters. The van der Waals surface area contributed by atoms with Crippen LogP contribution >= 0.6 is 11.8 Å². The molecule has 5 nitrogen and oxygen atoms in total. The van der Waals surface area contributed by atoms with Crippen molar-refractivity contribution < 1.29 is 9.59 Å². The van der Waals surface area contributed by atoms with Gasteiger partial charge in [0.05, 0.1) is 15.9 Å². The number of hydrogen-bond acceptors (Lipinski definition) is 4. The van der Waals surface area contributed by atoms with Crippen LogP contribution in [0, 0.1) is 0 Å². The second kappa shape index (κ2) is 5.40. The smallest absolute Gasteiger partial charge is 0.290 e. The Hall–Kier alpha value is -2.86. The molecule has 2 heterocycles. The van der Waals surface area contributed by atoms with E-state index in [2.05, 4.69) is 10.3 Å². The lowest BCUT2D eigenvalue weighted by Crippen LogP contribution is -2.17. The summed E-state index contributed by atoms with van der Waals surface area (Å²) in [6.07, 6.45) is 3.50. The van der Waals surface area contributed by atoms with E-state index in [4.69, 9.17) is 0 Å². The Morgan fingerprint density at radius 1 is 1.04 bits per heavy atom. The molecule has 1 aliphatic rings. The van der Waals surface area contributed by atoms with Gasteiger partial charge >= 0.3 is 0 Å². The lowest BCUT2D eigenvalue weighted by molar-refractivity contribution is -0.115. The fourth-order valence-electron chi connectivity index (χ4n) is 2.47. The molecule has 2 aromatic carbocycles. The molecule has 4 rings (SSSR count). The number of imidazole rings is 1. The zero-order chi connectivity index (χ0) is 15.8. The molecule has 1 saturated heterocycles. The highest BCUT2D eigenvalue weighted by Gasteiger charge is 2.24. The minimum Gasteiger partial charge on any atom is -0.299 e. The van der Waals surface area contributed by atoms with E-state index in [-0.39, 0.29) is 11.1 Å². The molecule has 0 bridgehead atoms. The predicted molar refractivity (Wildman–Crippen MR) is 90.2 cm³/mol. The molecule has 0 aliphatic carbocycles. The Labute approximate surface area is 136 Å². The summed E-state index contributed by atoms with van der Waals surface area (Å²) < 4.78 is 2.01. The Morgan fingerprint density at radius 3 is 2.57 bits per heavy atom. The lowest BCUT2D eigenvalue weighted by atomic mass is 10.2. The first kappa shape index (κ1) is 13.8. The molecule has 2 amide bonds. The van der Waals surface area contributed by atoms with E-state index >= 15 is 0 Å². The molecule has 0 unspecified atom stereocenters. The van der Waals surface area contributed by atoms with Gasteiger partial charge in [-0.05, 0) is 47.7 Å². The molecule has 0 spiro atoms. The third-order valence-electron chi connectivity index (χ3n) is 3.56. The van der Waals surface area contributed by atoms with Crippen LogP contribution in [0.2, 0.25) is 0 Å². The third-order valence-corrected chi connectivity index (χ3v) is 4.38. The Kier molecular flexibility index (Phi) is 3.24. The van der Waals surface area contributed by atoms with E-state index in [1.54, 1.807) is 12.4 Å². The summed E-state index contributed by atoms with van der Waals surface area (Å²) in [4.78, 5) is 27.5. The van der Waals surface area contributed by atoms with E-state index in [0.717, 1.165) is 34.0 Å².